The lowest BCUT2D eigenvalue weighted by atomic mass is 10.2. The van der Waals surface area contributed by atoms with Gasteiger partial charge in [0.15, 0.2) is 5.65 Å². The third-order valence-corrected chi connectivity index (χ3v) is 3.47. The van der Waals surface area contributed by atoms with Crippen molar-refractivity contribution in [3.05, 3.63) is 63.5 Å². The highest BCUT2D eigenvalue weighted by atomic mass is 35.5. The van der Waals surface area contributed by atoms with E-state index >= 15 is 0 Å². The van der Waals surface area contributed by atoms with E-state index in [1.165, 1.54) is 0 Å². The molecule has 0 radical (unpaired) electrons. The van der Waals surface area contributed by atoms with E-state index in [-0.39, 0.29) is 0 Å². The van der Waals surface area contributed by atoms with Gasteiger partial charge >= 0.3 is 0 Å². The Morgan fingerprint density at radius 1 is 1.10 bits per heavy atom. The summed E-state index contributed by atoms with van der Waals surface area (Å²) in [7, 11) is 0. The van der Waals surface area contributed by atoms with Gasteiger partial charge in [-0.15, -0.1) is 0 Å². The van der Waals surface area contributed by atoms with E-state index in [9.17, 15) is 0 Å². The van der Waals surface area contributed by atoms with Crippen LogP contribution in [0.1, 0.15) is 17.0 Å². The number of hydrogen-bond acceptors (Lipinski definition) is 2. The maximum atomic E-state index is 6.15. The highest BCUT2D eigenvalue weighted by Gasteiger charge is 2.02. The monoisotopic (exact) mass is 303 g/mol. The van der Waals surface area contributed by atoms with E-state index in [4.69, 9.17) is 23.2 Å². The first-order chi connectivity index (χ1) is 9.63. The zero-order chi connectivity index (χ0) is 14.1. The van der Waals surface area contributed by atoms with Gasteiger partial charge in [-0.05, 0) is 36.8 Å². The van der Waals surface area contributed by atoms with Gasteiger partial charge < -0.3 is 0 Å². The molecule has 0 aliphatic rings. The minimum atomic E-state index is 0.621. The fraction of sp³-hybridized carbons (Fsp3) is 0.0667. The van der Waals surface area contributed by atoms with Gasteiger partial charge in [0.25, 0.3) is 0 Å². The number of nitrogens with zero attached hydrogens (tertiary/aromatic N) is 3. The first-order valence-electron chi connectivity index (χ1n) is 6.08. The Morgan fingerprint density at radius 3 is 2.75 bits per heavy atom. The second kappa shape index (κ2) is 5.27. The highest BCUT2D eigenvalue weighted by molar-refractivity contribution is 6.35. The summed E-state index contributed by atoms with van der Waals surface area (Å²) >= 11 is 12.0. The largest absolute Gasteiger partial charge is 0.237 e. The van der Waals surface area contributed by atoms with Crippen molar-refractivity contribution >= 4 is 41.0 Å². The van der Waals surface area contributed by atoms with Crippen LogP contribution in [0.2, 0.25) is 10.0 Å². The minimum Gasteiger partial charge on any atom is -0.237 e. The Labute approximate surface area is 126 Å². The minimum absolute atomic E-state index is 0.621. The third-order valence-electron chi connectivity index (χ3n) is 2.91. The maximum Gasteiger partial charge on any atom is 0.155 e. The fourth-order valence-corrected chi connectivity index (χ4v) is 2.44. The molecule has 0 bridgehead atoms. The average molecular weight is 304 g/mol. The van der Waals surface area contributed by atoms with Gasteiger partial charge in [-0.1, -0.05) is 35.3 Å². The summed E-state index contributed by atoms with van der Waals surface area (Å²) in [4.78, 5) is 4.27. The first kappa shape index (κ1) is 13.2. The molecule has 3 aromatic rings. The summed E-state index contributed by atoms with van der Waals surface area (Å²) in [5.74, 6) is 0. The van der Waals surface area contributed by atoms with Crippen LogP contribution in [0.3, 0.4) is 0 Å². The van der Waals surface area contributed by atoms with Gasteiger partial charge in [-0.3, -0.25) is 0 Å². The number of rotatable bonds is 2. The maximum absolute atomic E-state index is 6.15. The van der Waals surface area contributed by atoms with Crippen molar-refractivity contribution in [1.29, 1.82) is 0 Å². The zero-order valence-corrected chi connectivity index (χ0v) is 12.2. The van der Waals surface area contributed by atoms with E-state index < -0.39 is 0 Å². The molecule has 5 heteroatoms. The van der Waals surface area contributed by atoms with Crippen LogP contribution in [0.25, 0.3) is 17.8 Å². The third kappa shape index (κ3) is 2.55. The summed E-state index contributed by atoms with van der Waals surface area (Å²) < 4.78 is 1.80. The smallest absolute Gasteiger partial charge is 0.155 e. The van der Waals surface area contributed by atoms with Crippen LogP contribution >= 0.6 is 23.2 Å². The van der Waals surface area contributed by atoms with E-state index in [1.54, 1.807) is 16.8 Å². The van der Waals surface area contributed by atoms with E-state index in [0.29, 0.717) is 10.0 Å². The Hall–Kier alpha value is -1.84. The van der Waals surface area contributed by atoms with Gasteiger partial charge in [0.05, 0.1) is 11.4 Å². The number of aryl methyl sites for hydroxylation is 1. The lowest BCUT2D eigenvalue weighted by Gasteiger charge is -2.00. The second-order valence-corrected chi connectivity index (χ2v) is 5.27. The topological polar surface area (TPSA) is 30.2 Å². The molecule has 2 heterocycles. The molecule has 0 fully saturated rings. The van der Waals surface area contributed by atoms with E-state index in [1.807, 2.05) is 43.3 Å². The van der Waals surface area contributed by atoms with Gasteiger partial charge in [-0.25, -0.2) is 9.50 Å². The Kier molecular flexibility index (Phi) is 3.47. The number of halogens is 2. The standard InChI is InChI=1S/C15H11Cl2N3/c1-10-8-15-18-7-6-13(20(15)19-10)5-3-11-2-4-12(16)9-14(11)17/h2-9H,1H3. The van der Waals surface area contributed by atoms with Crippen LogP contribution in [-0.4, -0.2) is 14.6 Å². The lowest BCUT2D eigenvalue weighted by Crippen LogP contribution is -1.94. The van der Waals surface area contributed by atoms with Crippen molar-refractivity contribution in [1.82, 2.24) is 14.6 Å². The molecule has 0 aliphatic heterocycles. The molecule has 3 nitrogen and oxygen atoms in total. The summed E-state index contributed by atoms with van der Waals surface area (Å²) in [6, 6.07) is 9.26. The number of aromatic nitrogens is 3. The summed E-state index contributed by atoms with van der Waals surface area (Å²) in [5.41, 5.74) is 3.61. The summed E-state index contributed by atoms with van der Waals surface area (Å²) in [6.07, 6.45) is 5.65. The summed E-state index contributed by atoms with van der Waals surface area (Å²) in [6.45, 7) is 1.94. The van der Waals surface area contributed by atoms with Crippen molar-refractivity contribution in [2.24, 2.45) is 0 Å². The van der Waals surface area contributed by atoms with Crippen molar-refractivity contribution < 1.29 is 0 Å². The Balaban J connectivity index is 2.02. The molecular formula is C15H11Cl2N3. The molecule has 100 valence electrons. The molecular weight excluding hydrogens is 293 g/mol. The van der Waals surface area contributed by atoms with Crippen molar-refractivity contribution in [2.75, 3.05) is 0 Å². The lowest BCUT2D eigenvalue weighted by molar-refractivity contribution is 0.906. The fourth-order valence-electron chi connectivity index (χ4n) is 1.97. The van der Waals surface area contributed by atoms with Gasteiger partial charge in [0, 0.05) is 22.3 Å². The molecule has 0 atom stereocenters. The first-order valence-corrected chi connectivity index (χ1v) is 6.83. The van der Waals surface area contributed by atoms with Crippen LogP contribution < -0.4 is 0 Å². The molecule has 0 aliphatic carbocycles. The number of fused-ring (bicyclic) bond motifs is 1. The average Bonchev–Trinajstić information content (AvgIpc) is 2.78. The van der Waals surface area contributed by atoms with E-state index in [0.717, 1.165) is 22.6 Å². The molecule has 0 saturated carbocycles. The number of benzene rings is 1. The van der Waals surface area contributed by atoms with Crippen LogP contribution in [-0.2, 0) is 0 Å². The zero-order valence-electron chi connectivity index (χ0n) is 10.7. The van der Waals surface area contributed by atoms with Crippen molar-refractivity contribution in [2.45, 2.75) is 6.92 Å². The van der Waals surface area contributed by atoms with Gasteiger partial charge in [-0.2, -0.15) is 5.10 Å². The molecule has 0 N–H and O–H groups in total. The molecule has 0 spiro atoms. The molecule has 1 aromatic carbocycles. The Bertz CT molecular complexity index is 806. The SMILES string of the molecule is Cc1cc2nccc(C=Cc3ccc(Cl)cc3Cl)n2n1. The highest BCUT2D eigenvalue weighted by Crippen LogP contribution is 2.22. The summed E-state index contributed by atoms with van der Waals surface area (Å²) in [5, 5.41) is 5.66. The molecule has 3 rings (SSSR count). The van der Waals surface area contributed by atoms with Crippen LogP contribution in [0, 0.1) is 6.92 Å². The quantitative estimate of drug-likeness (QED) is 0.697. The molecule has 20 heavy (non-hydrogen) atoms. The molecule has 0 unspecified atom stereocenters. The van der Waals surface area contributed by atoms with Crippen molar-refractivity contribution in [3.63, 3.8) is 0 Å². The second-order valence-electron chi connectivity index (χ2n) is 4.42. The van der Waals surface area contributed by atoms with Crippen LogP contribution in [0.15, 0.2) is 36.5 Å². The molecule has 0 amide bonds. The van der Waals surface area contributed by atoms with Crippen LogP contribution in [0.4, 0.5) is 0 Å². The molecule has 0 saturated heterocycles. The van der Waals surface area contributed by atoms with Gasteiger partial charge in [0.1, 0.15) is 0 Å². The van der Waals surface area contributed by atoms with Crippen molar-refractivity contribution in [3.8, 4) is 0 Å². The molecule has 2 aromatic heterocycles. The Morgan fingerprint density at radius 2 is 1.95 bits per heavy atom. The number of hydrogen-bond donors (Lipinski definition) is 0. The predicted molar refractivity (Wildman–Crippen MR) is 83.1 cm³/mol. The van der Waals surface area contributed by atoms with Gasteiger partial charge in [0.2, 0.25) is 0 Å². The van der Waals surface area contributed by atoms with Crippen LogP contribution in [0.5, 0.6) is 0 Å². The van der Waals surface area contributed by atoms with E-state index in [2.05, 4.69) is 10.1 Å². The normalized spacial score (nSPS) is 11.6. The predicted octanol–water partition coefficient (Wildman–Crippen LogP) is 4.51.